The van der Waals surface area contributed by atoms with E-state index in [1.54, 1.807) is 0 Å². The fraction of sp³-hybridized carbons (Fsp3) is 0.941. The minimum absolute atomic E-state index is 0.474. The summed E-state index contributed by atoms with van der Waals surface area (Å²) in [6.45, 7) is 8.63. The molecule has 140 valence electrons. The van der Waals surface area contributed by atoms with Crippen molar-refractivity contribution in [1.29, 1.82) is 0 Å². The van der Waals surface area contributed by atoms with Crippen LogP contribution in [0, 0.1) is 0 Å². The molecule has 0 radical (unpaired) electrons. The summed E-state index contributed by atoms with van der Waals surface area (Å²) in [5, 5.41) is 4.67. The van der Waals surface area contributed by atoms with Crippen LogP contribution in [0.25, 0.3) is 0 Å². The number of hydrogen-bond donors (Lipinski definition) is 1. The second kappa shape index (κ2) is 11.8. The molecule has 2 fully saturated rings. The van der Waals surface area contributed by atoms with Crippen molar-refractivity contribution >= 4 is 39.0 Å². The number of ether oxygens (including phenoxy) is 2. The topological polar surface area (TPSA) is 33.7 Å². The highest BCUT2D eigenvalue weighted by Gasteiger charge is 2.24. The molecule has 24 heavy (non-hydrogen) atoms. The van der Waals surface area contributed by atoms with Gasteiger partial charge in [0, 0.05) is 36.2 Å². The average molecular weight is 393 g/mol. The maximum atomic E-state index is 5.62. The summed E-state index contributed by atoms with van der Waals surface area (Å²) in [4.78, 5) is 2.47. The Morgan fingerprint density at radius 3 is 2.75 bits per heavy atom. The Hall–Kier alpha value is 0.310. The van der Waals surface area contributed by atoms with Crippen molar-refractivity contribution in [3.05, 3.63) is 0 Å². The lowest BCUT2D eigenvalue weighted by molar-refractivity contribution is -0.0354. The summed E-state index contributed by atoms with van der Waals surface area (Å²) < 4.78 is 11.2. The van der Waals surface area contributed by atoms with E-state index in [1.807, 2.05) is 10.8 Å². The molecule has 2 aliphatic rings. The Morgan fingerprint density at radius 1 is 1.25 bits per heavy atom. The number of morpholine rings is 1. The molecule has 4 nitrogen and oxygen atoms in total. The zero-order valence-electron chi connectivity index (χ0n) is 15.0. The van der Waals surface area contributed by atoms with Crippen LogP contribution in [0.3, 0.4) is 0 Å². The third kappa shape index (κ3) is 7.68. The highest BCUT2D eigenvalue weighted by Crippen LogP contribution is 2.39. The molecular formula is C17H32N2O2S3. The minimum atomic E-state index is 0.474. The maximum Gasteiger partial charge on any atom is 0.256 e. The zero-order valence-corrected chi connectivity index (χ0v) is 17.4. The smallest absolute Gasteiger partial charge is 0.256 e. The molecule has 1 N–H and O–H groups in total. The van der Waals surface area contributed by atoms with Gasteiger partial charge in [-0.05, 0) is 45.3 Å². The first-order chi connectivity index (χ1) is 11.7. The molecule has 0 aromatic heterocycles. The molecule has 2 heterocycles. The van der Waals surface area contributed by atoms with Gasteiger partial charge >= 0.3 is 0 Å². The summed E-state index contributed by atoms with van der Waals surface area (Å²) in [6.07, 6.45) is 6.40. The Labute approximate surface area is 160 Å². The number of unbranched alkanes of at least 4 members (excludes halogenated alkanes) is 2. The SMILES string of the molecule is CC1COCC(C)N1CCNC(=S)OCCCCCC1CCSS1. The molecule has 7 heteroatoms. The number of nitrogens with one attached hydrogen (secondary N) is 1. The van der Waals surface area contributed by atoms with E-state index in [9.17, 15) is 0 Å². The fourth-order valence-corrected chi connectivity index (χ4v) is 6.41. The molecule has 2 aliphatic heterocycles. The third-order valence-corrected chi connectivity index (χ3v) is 7.89. The van der Waals surface area contributed by atoms with Gasteiger partial charge in [-0.2, -0.15) is 0 Å². The Bertz CT molecular complexity index is 358. The van der Waals surface area contributed by atoms with E-state index in [0.29, 0.717) is 17.3 Å². The first kappa shape index (κ1) is 20.6. The zero-order chi connectivity index (χ0) is 17.2. The van der Waals surface area contributed by atoms with Crippen LogP contribution in [-0.2, 0) is 9.47 Å². The summed E-state index contributed by atoms with van der Waals surface area (Å²) in [6, 6.07) is 0.947. The van der Waals surface area contributed by atoms with Crippen LogP contribution in [0.5, 0.6) is 0 Å². The summed E-state index contributed by atoms with van der Waals surface area (Å²) in [5.74, 6) is 1.33. The monoisotopic (exact) mass is 392 g/mol. The number of hydrogen-bond acceptors (Lipinski definition) is 6. The van der Waals surface area contributed by atoms with Gasteiger partial charge in [0.1, 0.15) is 0 Å². The molecule has 0 bridgehead atoms. The lowest BCUT2D eigenvalue weighted by Crippen LogP contribution is -2.51. The summed E-state index contributed by atoms with van der Waals surface area (Å²) in [7, 11) is 4.10. The van der Waals surface area contributed by atoms with Crippen molar-refractivity contribution in [2.24, 2.45) is 0 Å². The van der Waals surface area contributed by atoms with Gasteiger partial charge in [0.25, 0.3) is 5.17 Å². The minimum Gasteiger partial charge on any atom is -0.471 e. The van der Waals surface area contributed by atoms with E-state index in [1.165, 1.54) is 31.4 Å². The fourth-order valence-electron chi connectivity index (χ4n) is 3.19. The van der Waals surface area contributed by atoms with Crippen molar-refractivity contribution in [1.82, 2.24) is 10.2 Å². The number of nitrogens with zero attached hydrogens (tertiary/aromatic N) is 1. The highest BCUT2D eigenvalue weighted by molar-refractivity contribution is 8.77. The van der Waals surface area contributed by atoms with E-state index >= 15 is 0 Å². The van der Waals surface area contributed by atoms with Crippen molar-refractivity contribution in [3.63, 3.8) is 0 Å². The molecule has 0 aromatic rings. The second-order valence-corrected chi connectivity index (χ2v) is 9.87. The third-order valence-electron chi connectivity index (χ3n) is 4.62. The van der Waals surface area contributed by atoms with E-state index in [-0.39, 0.29) is 0 Å². The quantitative estimate of drug-likeness (QED) is 0.364. The lowest BCUT2D eigenvalue weighted by Gasteiger charge is -2.38. The predicted molar refractivity (Wildman–Crippen MR) is 110 cm³/mol. The molecular weight excluding hydrogens is 360 g/mol. The Balaban J connectivity index is 1.43. The van der Waals surface area contributed by atoms with Crippen LogP contribution >= 0.6 is 33.8 Å². The second-order valence-electron chi connectivity index (χ2n) is 6.71. The van der Waals surface area contributed by atoms with Gasteiger partial charge in [-0.25, -0.2) is 0 Å². The predicted octanol–water partition coefficient (Wildman–Crippen LogP) is 3.70. The molecule has 0 spiro atoms. The van der Waals surface area contributed by atoms with E-state index in [4.69, 9.17) is 21.7 Å². The van der Waals surface area contributed by atoms with Crippen LogP contribution in [-0.4, -0.2) is 66.1 Å². The normalized spacial score (nSPS) is 28.0. The Kier molecular flexibility index (Phi) is 10.2. The molecule has 0 saturated carbocycles. The number of thiocarbonyl (C=S) groups is 1. The van der Waals surface area contributed by atoms with Gasteiger partial charge in [-0.1, -0.05) is 34.4 Å². The molecule has 0 aromatic carbocycles. The van der Waals surface area contributed by atoms with Crippen LogP contribution in [0.2, 0.25) is 0 Å². The maximum absolute atomic E-state index is 5.62. The summed E-state index contributed by atoms with van der Waals surface area (Å²) >= 11 is 5.26. The van der Waals surface area contributed by atoms with Gasteiger partial charge in [0.15, 0.2) is 0 Å². The first-order valence-electron chi connectivity index (χ1n) is 9.19. The van der Waals surface area contributed by atoms with Crippen LogP contribution in [0.15, 0.2) is 0 Å². The number of rotatable bonds is 9. The highest BCUT2D eigenvalue weighted by atomic mass is 33.1. The van der Waals surface area contributed by atoms with E-state index in [2.05, 4.69) is 34.9 Å². The van der Waals surface area contributed by atoms with Crippen molar-refractivity contribution in [2.45, 2.75) is 63.3 Å². The van der Waals surface area contributed by atoms with Crippen molar-refractivity contribution < 1.29 is 9.47 Å². The van der Waals surface area contributed by atoms with E-state index < -0.39 is 0 Å². The molecule has 0 aliphatic carbocycles. The van der Waals surface area contributed by atoms with Crippen LogP contribution < -0.4 is 5.32 Å². The largest absolute Gasteiger partial charge is 0.471 e. The van der Waals surface area contributed by atoms with Gasteiger partial charge in [-0.3, -0.25) is 4.90 Å². The van der Waals surface area contributed by atoms with Gasteiger partial charge < -0.3 is 14.8 Å². The first-order valence-corrected chi connectivity index (χ1v) is 12.0. The van der Waals surface area contributed by atoms with Crippen molar-refractivity contribution in [2.75, 3.05) is 38.7 Å². The van der Waals surface area contributed by atoms with Gasteiger partial charge in [0.2, 0.25) is 0 Å². The summed E-state index contributed by atoms with van der Waals surface area (Å²) in [5.41, 5.74) is 0. The molecule has 2 rings (SSSR count). The van der Waals surface area contributed by atoms with E-state index in [0.717, 1.165) is 44.6 Å². The average Bonchev–Trinajstić information content (AvgIpc) is 3.07. The molecule has 3 atom stereocenters. The molecule has 2 saturated heterocycles. The van der Waals surface area contributed by atoms with Crippen LogP contribution in [0.4, 0.5) is 0 Å². The Morgan fingerprint density at radius 2 is 2.04 bits per heavy atom. The van der Waals surface area contributed by atoms with Gasteiger partial charge in [0.05, 0.1) is 19.8 Å². The standard InChI is InChI=1S/C17H32N2O2S3/c1-14-12-20-13-15(2)19(14)9-8-18-17(22)21-10-5-3-4-6-16-7-11-23-24-16/h14-16H,3-13H2,1-2H3,(H,18,22). The lowest BCUT2D eigenvalue weighted by atomic mass is 10.1. The van der Waals surface area contributed by atoms with Crippen molar-refractivity contribution in [3.8, 4) is 0 Å². The van der Waals surface area contributed by atoms with Gasteiger partial charge in [-0.15, -0.1) is 0 Å². The van der Waals surface area contributed by atoms with Crippen LogP contribution in [0.1, 0.15) is 46.0 Å². The molecule has 3 unspecified atom stereocenters. The molecule has 0 amide bonds.